The minimum absolute atomic E-state index is 0.0733. The second kappa shape index (κ2) is 5.65. The molecule has 1 aliphatic rings. The van der Waals surface area contributed by atoms with Crippen molar-refractivity contribution >= 4 is 5.91 Å². The van der Waals surface area contributed by atoms with Gasteiger partial charge in [-0.1, -0.05) is 0 Å². The lowest BCUT2D eigenvalue weighted by molar-refractivity contribution is -0.121. The molecule has 0 radical (unpaired) electrons. The smallest absolute Gasteiger partial charge is 0.221 e. The number of carbonyl (C=O) groups is 1. The van der Waals surface area contributed by atoms with E-state index in [1.165, 1.54) is 0 Å². The summed E-state index contributed by atoms with van der Waals surface area (Å²) in [6, 6.07) is 0. The Kier molecular flexibility index (Phi) is 3.93. The number of rotatable bonds is 5. The van der Waals surface area contributed by atoms with Crippen molar-refractivity contribution in [2.75, 3.05) is 13.2 Å². The van der Waals surface area contributed by atoms with Crippen LogP contribution in [0.25, 0.3) is 0 Å². The zero-order valence-corrected chi connectivity index (χ0v) is 9.26. The third kappa shape index (κ3) is 3.34. The van der Waals surface area contributed by atoms with Crippen LogP contribution in [0.2, 0.25) is 0 Å². The zero-order chi connectivity index (χ0) is 11.2. The number of imidazole rings is 1. The standard InChI is InChI=1S/C11H17N3O2/c15-11(3-5-14-6-4-12-9-14)13-8-10-2-1-7-16-10/h4,6,9-10H,1-3,5,7-8H2,(H,13,15). The van der Waals surface area contributed by atoms with Gasteiger partial charge in [0.1, 0.15) is 0 Å². The molecule has 0 bridgehead atoms. The van der Waals surface area contributed by atoms with E-state index in [1.807, 2.05) is 10.8 Å². The summed E-state index contributed by atoms with van der Waals surface area (Å²) in [5.41, 5.74) is 0. The molecule has 0 spiro atoms. The Labute approximate surface area is 94.8 Å². The van der Waals surface area contributed by atoms with Crippen molar-refractivity contribution in [2.45, 2.75) is 31.9 Å². The number of aryl methyl sites for hydroxylation is 1. The van der Waals surface area contributed by atoms with Gasteiger partial charge in [0.25, 0.3) is 0 Å². The van der Waals surface area contributed by atoms with E-state index in [0.717, 1.165) is 19.4 Å². The molecule has 1 N–H and O–H groups in total. The highest BCUT2D eigenvalue weighted by Crippen LogP contribution is 2.10. The first-order valence-corrected chi connectivity index (χ1v) is 5.68. The quantitative estimate of drug-likeness (QED) is 0.794. The van der Waals surface area contributed by atoms with Crippen LogP contribution < -0.4 is 5.32 Å². The highest BCUT2D eigenvalue weighted by molar-refractivity contribution is 5.75. The van der Waals surface area contributed by atoms with Gasteiger partial charge in [-0.2, -0.15) is 0 Å². The average molecular weight is 223 g/mol. The van der Waals surface area contributed by atoms with Crippen molar-refractivity contribution in [3.8, 4) is 0 Å². The summed E-state index contributed by atoms with van der Waals surface area (Å²) in [6.45, 7) is 2.15. The molecule has 0 aromatic carbocycles. The van der Waals surface area contributed by atoms with E-state index < -0.39 is 0 Å². The summed E-state index contributed by atoms with van der Waals surface area (Å²) < 4.78 is 7.32. The van der Waals surface area contributed by atoms with E-state index >= 15 is 0 Å². The van der Waals surface area contributed by atoms with Gasteiger partial charge in [-0.25, -0.2) is 4.98 Å². The van der Waals surface area contributed by atoms with E-state index in [0.29, 0.717) is 19.5 Å². The Bertz CT molecular complexity index is 318. The monoisotopic (exact) mass is 223 g/mol. The minimum Gasteiger partial charge on any atom is -0.376 e. The second-order valence-electron chi connectivity index (χ2n) is 3.99. The van der Waals surface area contributed by atoms with Crippen LogP contribution >= 0.6 is 0 Å². The van der Waals surface area contributed by atoms with Gasteiger partial charge in [0, 0.05) is 38.5 Å². The van der Waals surface area contributed by atoms with E-state index in [1.54, 1.807) is 12.5 Å². The third-order valence-electron chi connectivity index (χ3n) is 2.71. The molecule has 1 aromatic heterocycles. The van der Waals surface area contributed by atoms with Gasteiger partial charge >= 0.3 is 0 Å². The molecule has 2 rings (SSSR count). The Hall–Kier alpha value is -1.36. The van der Waals surface area contributed by atoms with Crippen LogP contribution in [0.5, 0.6) is 0 Å². The van der Waals surface area contributed by atoms with Crippen LogP contribution in [0.3, 0.4) is 0 Å². The minimum atomic E-state index is 0.0733. The van der Waals surface area contributed by atoms with Gasteiger partial charge in [-0.05, 0) is 12.8 Å². The lowest BCUT2D eigenvalue weighted by Gasteiger charge is -2.10. The van der Waals surface area contributed by atoms with E-state index in [2.05, 4.69) is 10.3 Å². The number of amides is 1. The first kappa shape index (κ1) is 11.1. The molecule has 5 nitrogen and oxygen atoms in total. The first-order valence-electron chi connectivity index (χ1n) is 5.68. The SMILES string of the molecule is O=C(CCn1ccnc1)NCC1CCCO1. The van der Waals surface area contributed by atoms with Gasteiger partial charge in [-0.3, -0.25) is 4.79 Å². The predicted molar refractivity (Wildman–Crippen MR) is 58.8 cm³/mol. The number of carbonyl (C=O) groups excluding carboxylic acids is 1. The maximum absolute atomic E-state index is 11.5. The normalized spacial score (nSPS) is 19.9. The number of hydrogen-bond acceptors (Lipinski definition) is 3. The molecule has 5 heteroatoms. The summed E-state index contributed by atoms with van der Waals surface area (Å²) in [6.07, 6.45) is 8.16. The molecule has 16 heavy (non-hydrogen) atoms. The fraction of sp³-hybridized carbons (Fsp3) is 0.636. The lowest BCUT2D eigenvalue weighted by atomic mass is 10.2. The summed E-state index contributed by atoms with van der Waals surface area (Å²) in [5.74, 6) is 0.0733. The molecule has 1 aliphatic heterocycles. The summed E-state index contributed by atoms with van der Waals surface area (Å²) in [7, 11) is 0. The second-order valence-corrected chi connectivity index (χ2v) is 3.99. The Morgan fingerprint density at radius 2 is 2.56 bits per heavy atom. The van der Waals surface area contributed by atoms with E-state index in [-0.39, 0.29) is 12.0 Å². The zero-order valence-electron chi connectivity index (χ0n) is 9.26. The van der Waals surface area contributed by atoms with Crippen LogP contribution in [-0.4, -0.2) is 34.7 Å². The van der Waals surface area contributed by atoms with Crippen molar-refractivity contribution in [1.82, 2.24) is 14.9 Å². The third-order valence-corrected chi connectivity index (χ3v) is 2.71. The van der Waals surface area contributed by atoms with Crippen molar-refractivity contribution in [2.24, 2.45) is 0 Å². The molecule has 1 fully saturated rings. The van der Waals surface area contributed by atoms with Crippen LogP contribution in [0.4, 0.5) is 0 Å². The van der Waals surface area contributed by atoms with Crippen molar-refractivity contribution in [3.05, 3.63) is 18.7 Å². The number of nitrogens with zero attached hydrogens (tertiary/aromatic N) is 2. The number of aromatic nitrogens is 2. The van der Waals surface area contributed by atoms with Gasteiger partial charge < -0.3 is 14.6 Å². The van der Waals surface area contributed by atoms with Gasteiger partial charge in [0.15, 0.2) is 0 Å². The highest BCUT2D eigenvalue weighted by Gasteiger charge is 2.15. The maximum Gasteiger partial charge on any atom is 0.221 e. The fourth-order valence-corrected chi connectivity index (χ4v) is 1.77. The van der Waals surface area contributed by atoms with Gasteiger partial charge in [0.2, 0.25) is 5.91 Å². The molecule has 0 saturated carbocycles. The highest BCUT2D eigenvalue weighted by atomic mass is 16.5. The molecule has 1 amide bonds. The topological polar surface area (TPSA) is 56.2 Å². The molecular weight excluding hydrogens is 206 g/mol. The molecule has 2 heterocycles. The Balaban J connectivity index is 1.60. The molecule has 1 unspecified atom stereocenters. The molecule has 1 aromatic rings. The van der Waals surface area contributed by atoms with Crippen molar-refractivity contribution < 1.29 is 9.53 Å². The number of ether oxygens (including phenoxy) is 1. The predicted octanol–water partition coefficient (Wildman–Crippen LogP) is 0.568. The number of hydrogen-bond donors (Lipinski definition) is 1. The largest absolute Gasteiger partial charge is 0.376 e. The number of nitrogens with one attached hydrogen (secondary N) is 1. The van der Waals surface area contributed by atoms with Crippen LogP contribution in [-0.2, 0) is 16.1 Å². The van der Waals surface area contributed by atoms with Crippen molar-refractivity contribution in [3.63, 3.8) is 0 Å². The van der Waals surface area contributed by atoms with E-state index in [9.17, 15) is 4.79 Å². The molecule has 88 valence electrons. The van der Waals surface area contributed by atoms with Crippen LogP contribution in [0.1, 0.15) is 19.3 Å². The van der Waals surface area contributed by atoms with Crippen molar-refractivity contribution in [1.29, 1.82) is 0 Å². The average Bonchev–Trinajstić information content (AvgIpc) is 2.96. The van der Waals surface area contributed by atoms with Gasteiger partial charge in [0.05, 0.1) is 12.4 Å². The fourth-order valence-electron chi connectivity index (χ4n) is 1.77. The Morgan fingerprint density at radius 3 is 3.25 bits per heavy atom. The van der Waals surface area contributed by atoms with Crippen LogP contribution in [0, 0.1) is 0 Å². The summed E-state index contributed by atoms with van der Waals surface area (Å²) >= 11 is 0. The molecular formula is C11H17N3O2. The molecule has 0 aliphatic carbocycles. The summed E-state index contributed by atoms with van der Waals surface area (Å²) in [5, 5.41) is 2.89. The lowest BCUT2D eigenvalue weighted by Crippen LogP contribution is -2.32. The molecule has 1 atom stereocenters. The first-order chi connectivity index (χ1) is 7.84. The van der Waals surface area contributed by atoms with Gasteiger partial charge in [-0.15, -0.1) is 0 Å². The maximum atomic E-state index is 11.5. The Morgan fingerprint density at radius 1 is 1.62 bits per heavy atom. The van der Waals surface area contributed by atoms with Crippen LogP contribution in [0.15, 0.2) is 18.7 Å². The molecule has 1 saturated heterocycles. The van der Waals surface area contributed by atoms with E-state index in [4.69, 9.17) is 4.74 Å². The summed E-state index contributed by atoms with van der Waals surface area (Å²) in [4.78, 5) is 15.4.